The molecule has 4 heteroatoms. The fraction of sp³-hybridized carbons (Fsp3) is 0.765. The first-order valence-electron chi connectivity index (χ1n) is 8.16. The molecule has 1 atom stereocenters. The van der Waals surface area contributed by atoms with E-state index in [1.807, 2.05) is 0 Å². The second kappa shape index (κ2) is 6.33. The monoisotopic (exact) mass is 326 g/mol. The van der Waals surface area contributed by atoms with E-state index in [0.29, 0.717) is 17.8 Å². The summed E-state index contributed by atoms with van der Waals surface area (Å²) in [5.74, 6) is 3.54. The first kappa shape index (κ1) is 18.6. The molecule has 1 unspecified atom stereocenters. The van der Waals surface area contributed by atoms with Gasteiger partial charge < -0.3 is 8.85 Å². The van der Waals surface area contributed by atoms with E-state index in [1.54, 1.807) is 0 Å². The van der Waals surface area contributed by atoms with Crippen LogP contribution in [-0.4, -0.2) is 16.6 Å². The summed E-state index contributed by atoms with van der Waals surface area (Å²) in [6.07, 6.45) is 2.39. The van der Waals surface area contributed by atoms with Gasteiger partial charge in [-0.25, -0.2) is 0 Å². The summed E-state index contributed by atoms with van der Waals surface area (Å²) >= 11 is 0. The van der Waals surface area contributed by atoms with Gasteiger partial charge in [-0.05, 0) is 56.7 Å². The van der Waals surface area contributed by atoms with Gasteiger partial charge in [-0.3, -0.25) is 0 Å². The van der Waals surface area contributed by atoms with Crippen molar-refractivity contribution in [1.29, 1.82) is 0 Å². The Kier molecular flexibility index (Phi) is 5.59. The molecule has 0 aromatic rings. The Morgan fingerprint density at radius 1 is 0.857 bits per heavy atom. The summed E-state index contributed by atoms with van der Waals surface area (Å²) in [5, 5.41) is 0. The lowest BCUT2D eigenvalue weighted by atomic mass is 9.95. The summed E-state index contributed by atoms with van der Waals surface area (Å²) in [7, 11) is -3.30. The lowest BCUT2D eigenvalue weighted by molar-refractivity contribution is 0.297. The van der Waals surface area contributed by atoms with Crippen LogP contribution >= 0.6 is 0 Å². The molecular weight excluding hydrogens is 292 g/mol. The van der Waals surface area contributed by atoms with E-state index in [-0.39, 0.29) is 0 Å². The molecule has 0 spiro atoms. The molecule has 0 amide bonds. The molecule has 0 bridgehead atoms. The number of hydrogen-bond donors (Lipinski definition) is 0. The SMILES string of the molecule is CC(C)C1=CC(C(C)C)C(O[Si](C)(C)C)=C1O[Si](C)(C)C. The maximum Gasteiger partial charge on any atom is 0.242 e. The lowest BCUT2D eigenvalue weighted by Crippen LogP contribution is -2.30. The Hall–Kier alpha value is -0.486. The zero-order chi connectivity index (χ0) is 16.6. The highest BCUT2D eigenvalue weighted by atomic mass is 28.4. The van der Waals surface area contributed by atoms with Crippen molar-refractivity contribution < 1.29 is 8.85 Å². The third kappa shape index (κ3) is 5.33. The van der Waals surface area contributed by atoms with Gasteiger partial charge in [-0.2, -0.15) is 0 Å². The Morgan fingerprint density at radius 2 is 1.33 bits per heavy atom. The van der Waals surface area contributed by atoms with Crippen molar-refractivity contribution in [3.05, 3.63) is 23.2 Å². The van der Waals surface area contributed by atoms with Crippen molar-refractivity contribution in [2.24, 2.45) is 17.8 Å². The first-order chi connectivity index (χ1) is 9.32. The van der Waals surface area contributed by atoms with E-state index >= 15 is 0 Å². The molecule has 1 aliphatic rings. The molecule has 0 N–H and O–H groups in total. The average molecular weight is 327 g/mol. The number of allylic oxidation sites excluding steroid dienone is 2. The van der Waals surface area contributed by atoms with Crippen LogP contribution in [-0.2, 0) is 8.85 Å². The fourth-order valence-electron chi connectivity index (χ4n) is 2.45. The maximum absolute atomic E-state index is 6.48. The van der Waals surface area contributed by atoms with E-state index < -0.39 is 16.6 Å². The number of hydrogen-bond acceptors (Lipinski definition) is 2. The van der Waals surface area contributed by atoms with Crippen LogP contribution < -0.4 is 0 Å². The van der Waals surface area contributed by atoms with Gasteiger partial charge in [0.1, 0.15) is 11.5 Å². The summed E-state index contributed by atoms with van der Waals surface area (Å²) in [6.45, 7) is 22.5. The Labute approximate surface area is 133 Å². The molecule has 1 aliphatic carbocycles. The van der Waals surface area contributed by atoms with E-state index in [4.69, 9.17) is 8.85 Å². The second-order valence-electron chi connectivity index (χ2n) is 8.67. The highest BCUT2D eigenvalue weighted by Crippen LogP contribution is 2.42. The van der Waals surface area contributed by atoms with Gasteiger partial charge in [0.05, 0.1) is 0 Å². The van der Waals surface area contributed by atoms with Crippen molar-refractivity contribution in [2.75, 3.05) is 0 Å². The molecule has 0 heterocycles. The molecule has 21 heavy (non-hydrogen) atoms. The third-order valence-corrected chi connectivity index (χ3v) is 4.96. The van der Waals surface area contributed by atoms with Crippen molar-refractivity contribution in [3.8, 4) is 0 Å². The zero-order valence-electron chi connectivity index (χ0n) is 15.6. The molecule has 2 nitrogen and oxygen atoms in total. The summed E-state index contributed by atoms with van der Waals surface area (Å²) < 4.78 is 12.9. The minimum Gasteiger partial charge on any atom is -0.544 e. The first-order valence-corrected chi connectivity index (χ1v) is 15.0. The Balaban J connectivity index is 3.32. The molecule has 1 rings (SSSR count). The second-order valence-corrected chi connectivity index (χ2v) is 17.5. The van der Waals surface area contributed by atoms with Crippen LogP contribution in [0.25, 0.3) is 0 Å². The molecule has 0 aromatic carbocycles. The minimum atomic E-state index is -1.65. The highest BCUT2D eigenvalue weighted by Gasteiger charge is 2.37. The van der Waals surface area contributed by atoms with E-state index in [2.05, 4.69) is 73.1 Å². The molecule has 0 radical (unpaired) electrons. The smallest absolute Gasteiger partial charge is 0.242 e. The van der Waals surface area contributed by atoms with Gasteiger partial charge >= 0.3 is 0 Å². The average Bonchev–Trinajstić information content (AvgIpc) is 2.52. The third-order valence-electron chi connectivity index (χ3n) is 3.31. The molecular formula is C17H34O2Si2. The molecule has 0 aromatic heterocycles. The largest absolute Gasteiger partial charge is 0.544 e. The molecule has 0 aliphatic heterocycles. The molecule has 0 saturated carbocycles. The van der Waals surface area contributed by atoms with Gasteiger partial charge in [0, 0.05) is 5.92 Å². The fourth-order valence-corrected chi connectivity index (χ4v) is 4.17. The van der Waals surface area contributed by atoms with E-state index in [9.17, 15) is 0 Å². The quantitative estimate of drug-likeness (QED) is 0.577. The summed E-state index contributed by atoms with van der Waals surface area (Å²) in [6, 6.07) is 0. The minimum absolute atomic E-state index is 0.362. The predicted octanol–water partition coefficient (Wildman–Crippen LogP) is 5.77. The van der Waals surface area contributed by atoms with E-state index in [1.165, 1.54) is 5.57 Å². The zero-order valence-corrected chi connectivity index (χ0v) is 17.6. The van der Waals surface area contributed by atoms with Gasteiger partial charge in [-0.1, -0.05) is 33.8 Å². The Morgan fingerprint density at radius 3 is 1.67 bits per heavy atom. The van der Waals surface area contributed by atoms with Crippen LogP contribution in [0.4, 0.5) is 0 Å². The molecule has 122 valence electrons. The van der Waals surface area contributed by atoms with Crippen molar-refractivity contribution in [2.45, 2.75) is 67.0 Å². The highest BCUT2D eigenvalue weighted by molar-refractivity contribution is 6.70. The Bertz CT molecular complexity index is 435. The van der Waals surface area contributed by atoms with Gasteiger partial charge in [-0.15, -0.1) is 0 Å². The van der Waals surface area contributed by atoms with Crippen molar-refractivity contribution >= 4 is 16.6 Å². The van der Waals surface area contributed by atoms with Crippen LogP contribution in [0.2, 0.25) is 39.3 Å². The lowest BCUT2D eigenvalue weighted by Gasteiger charge is -2.30. The standard InChI is InChI=1S/C17H34O2Si2/c1-12(2)14-11-15(13(3)4)17(19-21(8,9)10)16(14)18-20(5,6)7/h11-14H,1-10H3. The number of rotatable bonds is 6. The van der Waals surface area contributed by atoms with Crippen LogP contribution in [0, 0.1) is 17.8 Å². The van der Waals surface area contributed by atoms with Crippen LogP contribution in [0.15, 0.2) is 23.2 Å². The maximum atomic E-state index is 6.48. The summed E-state index contributed by atoms with van der Waals surface area (Å²) in [5.41, 5.74) is 1.34. The van der Waals surface area contributed by atoms with Crippen molar-refractivity contribution in [3.63, 3.8) is 0 Å². The molecule has 0 saturated heterocycles. The van der Waals surface area contributed by atoms with Crippen LogP contribution in [0.3, 0.4) is 0 Å². The topological polar surface area (TPSA) is 18.5 Å². The molecule has 0 fully saturated rings. The predicted molar refractivity (Wildman–Crippen MR) is 97.1 cm³/mol. The van der Waals surface area contributed by atoms with Crippen molar-refractivity contribution in [1.82, 2.24) is 0 Å². The summed E-state index contributed by atoms with van der Waals surface area (Å²) in [4.78, 5) is 0. The van der Waals surface area contributed by atoms with Gasteiger partial charge in [0.15, 0.2) is 0 Å². The van der Waals surface area contributed by atoms with E-state index in [0.717, 1.165) is 11.5 Å². The normalized spacial score (nSPS) is 20.4. The van der Waals surface area contributed by atoms with Gasteiger partial charge in [0.2, 0.25) is 16.6 Å². The van der Waals surface area contributed by atoms with Crippen LogP contribution in [0.5, 0.6) is 0 Å². The van der Waals surface area contributed by atoms with Gasteiger partial charge in [0.25, 0.3) is 0 Å². The van der Waals surface area contributed by atoms with Crippen LogP contribution in [0.1, 0.15) is 27.7 Å².